The lowest BCUT2D eigenvalue weighted by atomic mass is 10.1. The largest absolute Gasteiger partial charge is 0.350 e. The van der Waals surface area contributed by atoms with E-state index >= 15 is 0 Å². The van der Waals surface area contributed by atoms with Crippen LogP contribution < -0.4 is 5.32 Å². The number of hydrogen-bond donors (Lipinski definition) is 1. The van der Waals surface area contributed by atoms with Gasteiger partial charge in [0.2, 0.25) is 0 Å². The highest BCUT2D eigenvalue weighted by atomic mass is 16.1. The van der Waals surface area contributed by atoms with Crippen molar-refractivity contribution in [2.24, 2.45) is 0 Å². The third-order valence-electron chi connectivity index (χ3n) is 3.82. The Labute approximate surface area is 132 Å². The first-order chi connectivity index (χ1) is 10.6. The maximum absolute atomic E-state index is 12.2. The Kier molecular flexibility index (Phi) is 5.75. The number of aryl methyl sites for hydroxylation is 1. The Morgan fingerprint density at radius 3 is 2.55 bits per heavy atom. The molecule has 0 saturated carbocycles. The number of rotatable bonds is 7. The second kappa shape index (κ2) is 7.78. The van der Waals surface area contributed by atoms with E-state index in [2.05, 4.69) is 24.3 Å². The van der Waals surface area contributed by atoms with Gasteiger partial charge in [-0.2, -0.15) is 5.10 Å². The van der Waals surface area contributed by atoms with E-state index < -0.39 is 0 Å². The van der Waals surface area contributed by atoms with Crippen LogP contribution in [0.15, 0.2) is 36.5 Å². The normalized spacial score (nSPS) is 12.1. The summed E-state index contributed by atoms with van der Waals surface area (Å²) in [6.45, 7) is 6.26. The topological polar surface area (TPSA) is 46.9 Å². The molecule has 22 heavy (non-hydrogen) atoms. The van der Waals surface area contributed by atoms with Gasteiger partial charge in [0, 0.05) is 23.5 Å². The van der Waals surface area contributed by atoms with E-state index in [-0.39, 0.29) is 11.9 Å². The van der Waals surface area contributed by atoms with Gasteiger partial charge in [0.25, 0.3) is 5.91 Å². The molecule has 1 aromatic carbocycles. The minimum Gasteiger partial charge on any atom is -0.350 e. The summed E-state index contributed by atoms with van der Waals surface area (Å²) in [5.74, 6) is -0.00673. The number of nitrogens with one attached hydrogen (secondary N) is 1. The zero-order valence-corrected chi connectivity index (χ0v) is 13.7. The first-order valence-electron chi connectivity index (χ1n) is 8.03. The third-order valence-corrected chi connectivity index (χ3v) is 3.82. The number of carbonyl (C=O) groups is 1. The molecule has 0 aliphatic heterocycles. The van der Waals surface area contributed by atoms with Crippen LogP contribution in [0.2, 0.25) is 0 Å². The molecule has 0 fully saturated rings. The minimum absolute atomic E-state index is 0.00673. The standard InChI is InChI=1S/C18H25N3O/c1-4-5-6-7-14(2)20-18(22)16-8-10-17(11-9-16)21-15(3)12-13-19-21/h8-14H,4-7H2,1-3H3,(H,20,22). The van der Waals surface area contributed by atoms with Crippen molar-refractivity contribution in [2.45, 2.75) is 52.5 Å². The summed E-state index contributed by atoms with van der Waals surface area (Å²) >= 11 is 0. The molecule has 2 rings (SSSR count). The first-order valence-corrected chi connectivity index (χ1v) is 8.03. The van der Waals surface area contributed by atoms with Crippen LogP contribution in [0.4, 0.5) is 0 Å². The van der Waals surface area contributed by atoms with Gasteiger partial charge in [0.05, 0.1) is 5.69 Å². The van der Waals surface area contributed by atoms with E-state index in [4.69, 9.17) is 0 Å². The lowest BCUT2D eigenvalue weighted by Crippen LogP contribution is -2.32. The van der Waals surface area contributed by atoms with Crippen molar-refractivity contribution in [2.75, 3.05) is 0 Å². The number of benzene rings is 1. The highest BCUT2D eigenvalue weighted by molar-refractivity contribution is 5.94. The predicted octanol–water partition coefficient (Wildman–Crippen LogP) is 3.88. The van der Waals surface area contributed by atoms with Gasteiger partial charge >= 0.3 is 0 Å². The maximum Gasteiger partial charge on any atom is 0.251 e. The van der Waals surface area contributed by atoms with Crippen molar-refractivity contribution in [3.05, 3.63) is 47.8 Å². The fourth-order valence-corrected chi connectivity index (χ4v) is 2.47. The van der Waals surface area contributed by atoms with Gasteiger partial charge in [0.1, 0.15) is 0 Å². The van der Waals surface area contributed by atoms with E-state index in [0.29, 0.717) is 5.56 Å². The molecule has 0 saturated heterocycles. The highest BCUT2D eigenvalue weighted by Gasteiger charge is 2.10. The molecule has 1 aromatic heterocycles. The Hall–Kier alpha value is -2.10. The maximum atomic E-state index is 12.2. The van der Waals surface area contributed by atoms with Gasteiger partial charge in [-0.25, -0.2) is 4.68 Å². The number of nitrogens with zero attached hydrogens (tertiary/aromatic N) is 2. The lowest BCUT2D eigenvalue weighted by molar-refractivity contribution is 0.0938. The van der Waals surface area contributed by atoms with E-state index in [1.165, 1.54) is 12.8 Å². The summed E-state index contributed by atoms with van der Waals surface area (Å²) in [6, 6.07) is 9.73. The molecule has 1 atom stereocenters. The van der Waals surface area contributed by atoms with Gasteiger partial charge in [-0.15, -0.1) is 0 Å². The Bertz CT molecular complexity index is 601. The second-order valence-corrected chi connectivity index (χ2v) is 5.80. The van der Waals surface area contributed by atoms with Crippen LogP contribution in [-0.2, 0) is 0 Å². The first kappa shape index (κ1) is 16.3. The molecule has 1 N–H and O–H groups in total. The SMILES string of the molecule is CCCCCC(C)NC(=O)c1ccc(-n2nccc2C)cc1. The summed E-state index contributed by atoms with van der Waals surface area (Å²) < 4.78 is 1.86. The summed E-state index contributed by atoms with van der Waals surface area (Å²) in [4.78, 5) is 12.2. The van der Waals surface area contributed by atoms with Crippen LogP contribution >= 0.6 is 0 Å². The smallest absolute Gasteiger partial charge is 0.251 e. The van der Waals surface area contributed by atoms with Crippen molar-refractivity contribution in [1.29, 1.82) is 0 Å². The number of carbonyl (C=O) groups excluding carboxylic acids is 1. The zero-order valence-electron chi connectivity index (χ0n) is 13.7. The fraction of sp³-hybridized carbons (Fsp3) is 0.444. The molecule has 1 heterocycles. The van der Waals surface area contributed by atoms with Crippen LogP contribution in [-0.4, -0.2) is 21.7 Å². The van der Waals surface area contributed by atoms with E-state index in [9.17, 15) is 4.79 Å². The second-order valence-electron chi connectivity index (χ2n) is 5.80. The molecule has 1 amide bonds. The third kappa shape index (κ3) is 4.20. The number of aromatic nitrogens is 2. The van der Waals surface area contributed by atoms with Gasteiger partial charge in [-0.05, 0) is 50.6 Å². The molecule has 0 radical (unpaired) electrons. The zero-order chi connectivity index (χ0) is 15.9. The van der Waals surface area contributed by atoms with Crippen LogP contribution in [0, 0.1) is 6.92 Å². The van der Waals surface area contributed by atoms with Gasteiger partial charge < -0.3 is 5.32 Å². The summed E-state index contributed by atoms with van der Waals surface area (Å²) in [5, 5.41) is 7.33. The molecule has 0 aliphatic carbocycles. The summed E-state index contributed by atoms with van der Waals surface area (Å²) in [7, 11) is 0. The number of unbranched alkanes of at least 4 members (excludes halogenated alkanes) is 2. The van der Waals surface area contributed by atoms with Crippen molar-refractivity contribution in [3.8, 4) is 5.69 Å². The van der Waals surface area contributed by atoms with E-state index in [1.54, 1.807) is 6.20 Å². The number of amides is 1. The summed E-state index contributed by atoms with van der Waals surface area (Å²) in [6.07, 6.45) is 6.39. The quantitative estimate of drug-likeness (QED) is 0.789. The molecule has 2 aromatic rings. The van der Waals surface area contributed by atoms with Crippen molar-refractivity contribution < 1.29 is 4.79 Å². The van der Waals surface area contributed by atoms with Gasteiger partial charge in [-0.1, -0.05) is 26.2 Å². The number of hydrogen-bond acceptors (Lipinski definition) is 2. The molecule has 0 bridgehead atoms. The van der Waals surface area contributed by atoms with Crippen molar-refractivity contribution in [3.63, 3.8) is 0 Å². The van der Waals surface area contributed by atoms with Crippen LogP contribution in [0.5, 0.6) is 0 Å². The molecular weight excluding hydrogens is 274 g/mol. The average molecular weight is 299 g/mol. The molecular formula is C18H25N3O. The summed E-state index contributed by atoms with van der Waals surface area (Å²) in [5.41, 5.74) is 2.73. The molecule has 0 spiro atoms. The van der Waals surface area contributed by atoms with E-state index in [1.807, 2.05) is 41.9 Å². The Morgan fingerprint density at radius 2 is 1.95 bits per heavy atom. The van der Waals surface area contributed by atoms with Crippen molar-refractivity contribution in [1.82, 2.24) is 15.1 Å². The Morgan fingerprint density at radius 1 is 1.23 bits per heavy atom. The molecule has 4 nitrogen and oxygen atoms in total. The van der Waals surface area contributed by atoms with E-state index in [0.717, 1.165) is 24.2 Å². The average Bonchev–Trinajstić information content (AvgIpc) is 2.94. The fourth-order valence-electron chi connectivity index (χ4n) is 2.47. The van der Waals surface area contributed by atoms with Gasteiger partial charge in [0.15, 0.2) is 0 Å². The van der Waals surface area contributed by atoms with Crippen molar-refractivity contribution >= 4 is 5.91 Å². The monoisotopic (exact) mass is 299 g/mol. The Balaban J connectivity index is 1.95. The van der Waals surface area contributed by atoms with Crippen LogP contribution in [0.25, 0.3) is 5.69 Å². The van der Waals surface area contributed by atoms with Crippen LogP contribution in [0.3, 0.4) is 0 Å². The van der Waals surface area contributed by atoms with Crippen LogP contribution in [0.1, 0.15) is 55.6 Å². The molecule has 1 unspecified atom stereocenters. The predicted molar refractivity (Wildman–Crippen MR) is 89.4 cm³/mol. The minimum atomic E-state index is -0.00673. The highest BCUT2D eigenvalue weighted by Crippen LogP contribution is 2.12. The molecule has 0 aliphatic rings. The molecule has 4 heteroatoms. The molecule has 118 valence electrons. The lowest BCUT2D eigenvalue weighted by Gasteiger charge is -2.14. The van der Waals surface area contributed by atoms with Gasteiger partial charge in [-0.3, -0.25) is 4.79 Å².